The van der Waals surface area contributed by atoms with Gasteiger partial charge in [0.15, 0.2) is 5.03 Å². The van der Waals surface area contributed by atoms with Crippen molar-refractivity contribution in [2.45, 2.75) is 5.03 Å². The van der Waals surface area contributed by atoms with Gasteiger partial charge in [0, 0.05) is 13.2 Å². The van der Waals surface area contributed by atoms with Crippen molar-refractivity contribution in [3.63, 3.8) is 0 Å². The number of rotatable bonds is 3. The minimum Gasteiger partial charge on any atom is -0.386 e. The van der Waals surface area contributed by atoms with Gasteiger partial charge in [0.05, 0.1) is 5.69 Å². The molecule has 0 aliphatic carbocycles. The Bertz CT molecular complexity index is 388. The van der Waals surface area contributed by atoms with E-state index in [0.717, 1.165) is 0 Å². The predicted molar refractivity (Wildman–Crippen MR) is 50.0 cm³/mol. The van der Waals surface area contributed by atoms with E-state index < -0.39 is 10.0 Å². The maximum Gasteiger partial charge on any atom is 0.259 e. The standard InChI is InChI=1S/C7H11N3O2S/c1-8-6-4-3-5-10-7(6)13(11,12)9-2/h3-5,8-9H,1-2H3. The number of hydrogen-bond donors (Lipinski definition) is 2. The molecule has 0 radical (unpaired) electrons. The Morgan fingerprint density at radius 2 is 2.08 bits per heavy atom. The van der Waals surface area contributed by atoms with E-state index in [2.05, 4.69) is 15.0 Å². The highest BCUT2D eigenvalue weighted by Crippen LogP contribution is 2.15. The largest absolute Gasteiger partial charge is 0.386 e. The van der Waals surface area contributed by atoms with Gasteiger partial charge in [-0.15, -0.1) is 0 Å². The van der Waals surface area contributed by atoms with Gasteiger partial charge in [-0.3, -0.25) is 0 Å². The Balaban J connectivity index is 3.29. The van der Waals surface area contributed by atoms with Crippen LogP contribution < -0.4 is 10.0 Å². The number of nitrogens with one attached hydrogen (secondary N) is 2. The Morgan fingerprint density at radius 3 is 2.62 bits per heavy atom. The van der Waals surface area contributed by atoms with Crippen molar-refractivity contribution < 1.29 is 8.42 Å². The summed E-state index contributed by atoms with van der Waals surface area (Å²) in [6.07, 6.45) is 1.44. The van der Waals surface area contributed by atoms with Crippen LogP contribution >= 0.6 is 0 Å². The van der Waals surface area contributed by atoms with E-state index >= 15 is 0 Å². The summed E-state index contributed by atoms with van der Waals surface area (Å²) in [6.45, 7) is 0. The summed E-state index contributed by atoms with van der Waals surface area (Å²) in [7, 11) is -0.469. The molecule has 0 spiro atoms. The smallest absolute Gasteiger partial charge is 0.259 e. The number of anilines is 1. The molecular formula is C7H11N3O2S. The van der Waals surface area contributed by atoms with Crippen molar-refractivity contribution >= 4 is 15.7 Å². The van der Waals surface area contributed by atoms with E-state index in [1.807, 2.05) is 0 Å². The first kappa shape index (κ1) is 9.94. The van der Waals surface area contributed by atoms with E-state index in [1.54, 1.807) is 19.2 Å². The molecule has 1 rings (SSSR count). The van der Waals surface area contributed by atoms with Crippen LogP contribution in [0.3, 0.4) is 0 Å². The zero-order valence-electron chi connectivity index (χ0n) is 7.40. The van der Waals surface area contributed by atoms with E-state index in [-0.39, 0.29) is 5.03 Å². The van der Waals surface area contributed by atoms with Crippen LogP contribution in [0.15, 0.2) is 23.4 Å². The molecule has 0 amide bonds. The van der Waals surface area contributed by atoms with Crippen LogP contribution in [0.25, 0.3) is 0 Å². The third kappa shape index (κ3) is 1.96. The third-order valence-corrected chi connectivity index (χ3v) is 2.94. The molecule has 5 nitrogen and oxygen atoms in total. The lowest BCUT2D eigenvalue weighted by Crippen LogP contribution is -2.21. The van der Waals surface area contributed by atoms with Gasteiger partial charge in [-0.25, -0.2) is 18.1 Å². The van der Waals surface area contributed by atoms with Crippen molar-refractivity contribution in [3.05, 3.63) is 18.3 Å². The van der Waals surface area contributed by atoms with Crippen LogP contribution in [-0.2, 0) is 10.0 Å². The average Bonchev–Trinajstić information content (AvgIpc) is 2.18. The average molecular weight is 201 g/mol. The van der Waals surface area contributed by atoms with Gasteiger partial charge in [-0.2, -0.15) is 0 Å². The number of pyridine rings is 1. The maximum absolute atomic E-state index is 11.4. The van der Waals surface area contributed by atoms with E-state index in [4.69, 9.17) is 0 Å². The number of nitrogens with zero attached hydrogens (tertiary/aromatic N) is 1. The molecule has 1 aromatic heterocycles. The second-order valence-electron chi connectivity index (χ2n) is 2.31. The topological polar surface area (TPSA) is 71.1 Å². The lowest BCUT2D eigenvalue weighted by molar-refractivity contribution is 0.585. The van der Waals surface area contributed by atoms with Crippen molar-refractivity contribution in [2.75, 3.05) is 19.4 Å². The second kappa shape index (κ2) is 3.71. The summed E-state index contributed by atoms with van der Waals surface area (Å²) < 4.78 is 24.9. The fraction of sp³-hybridized carbons (Fsp3) is 0.286. The van der Waals surface area contributed by atoms with Gasteiger partial charge in [0.1, 0.15) is 0 Å². The lowest BCUT2D eigenvalue weighted by atomic mass is 10.4. The van der Waals surface area contributed by atoms with Crippen LogP contribution in [0.1, 0.15) is 0 Å². The molecule has 0 aliphatic heterocycles. The highest BCUT2D eigenvalue weighted by Gasteiger charge is 2.16. The first-order valence-corrected chi connectivity index (χ1v) is 5.16. The van der Waals surface area contributed by atoms with Gasteiger partial charge in [-0.05, 0) is 19.2 Å². The quantitative estimate of drug-likeness (QED) is 0.724. The minimum atomic E-state index is -3.46. The number of sulfonamides is 1. The highest BCUT2D eigenvalue weighted by atomic mass is 32.2. The zero-order valence-corrected chi connectivity index (χ0v) is 8.22. The van der Waals surface area contributed by atoms with E-state index in [9.17, 15) is 8.42 Å². The predicted octanol–water partition coefficient (Wildman–Crippen LogP) is 0.0314. The monoisotopic (exact) mass is 201 g/mol. The molecule has 0 aromatic carbocycles. The van der Waals surface area contributed by atoms with Gasteiger partial charge in [0.2, 0.25) is 0 Å². The van der Waals surface area contributed by atoms with E-state index in [1.165, 1.54) is 13.2 Å². The van der Waals surface area contributed by atoms with Gasteiger partial charge in [0.25, 0.3) is 10.0 Å². The van der Waals surface area contributed by atoms with Crippen LogP contribution in [0, 0.1) is 0 Å². The Hall–Kier alpha value is -1.14. The third-order valence-electron chi connectivity index (χ3n) is 1.56. The highest BCUT2D eigenvalue weighted by molar-refractivity contribution is 7.89. The van der Waals surface area contributed by atoms with Crippen LogP contribution in [-0.4, -0.2) is 27.5 Å². The van der Waals surface area contributed by atoms with Crippen LogP contribution in [0.4, 0.5) is 5.69 Å². The molecule has 1 aromatic rings. The molecule has 6 heteroatoms. The molecule has 0 saturated heterocycles. The molecule has 0 fully saturated rings. The molecule has 0 atom stereocenters. The SMILES string of the molecule is CNc1cccnc1S(=O)(=O)NC. The summed E-state index contributed by atoms with van der Waals surface area (Å²) in [6, 6.07) is 3.32. The molecule has 2 N–H and O–H groups in total. The number of hydrogen-bond acceptors (Lipinski definition) is 4. The fourth-order valence-corrected chi connectivity index (χ4v) is 1.74. The molecule has 0 unspecified atom stereocenters. The molecule has 0 aliphatic rings. The van der Waals surface area contributed by atoms with Crippen molar-refractivity contribution in [3.8, 4) is 0 Å². The molecule has 72 valence electrons. The maximum atomic E-state index is 11.4. The molecule has 13 heavy (non-hydrogen) atoms. The summed E-state index contributed by atoms with van der Waals surface area (Å²) in [5.41, 5.74) is 0.483. The summed E-state index contributed by atoms with van der Waals surface area (Å²) in [5, 5.41) is 2.77. The summed E-state index contributed by atoms with van der Waals surface area (Å²) in [4.78, 5) is 3.78. The summed E-state index contributed by atoms with van der Waals surface area (Å²) >= 11 is 0. The van der Waals surface area contributed by atoms with Crippen molar-refractivity contribution in [1.29, 1.82) is 0 Å². The fourth-order valence-electron chi connectivity index (χ4n) is 0.892. The minimum absolute atomic E-state index is 0.0139. The Kier molecular flexibility index (Phi) is 2.84. The van der Waals surface area contributed by atoms with Crippen molar-refractivity contribution in [2.24, 2.45) is 0 Å². The Morgan fingerprint density at radius 1 is 1.38 bits per heavy atom. The van der Waals surface area contributed by atoms with Crippen LogP contribution in [0.5, 0.6) is 0 Å². The van der Waals surface area contributed by atoms with E-state index in [0.29, 0.717) is 5.69 Å². The molecule has 1 heterocycles. The second-order valence-corrected chi connectivity index (χ2v) is 4.12. The zero-order chi connectivity index (χ0) is 9.90. The molecule has 0 bridgehead atoms. The lowest BCUT2D eigenvalue weighted by Gasteiger charge is -2.06. The van der Waals surface area contributed by atoms with Crippen molar-refractivity contribution in [1.82, 2.24) is 9.71 Å². The first-order valence-electron chi connectivity index (χ1n) is 3.68. The molecule has 0 saturated carbocycles. The van der Waals surface area contributed by atoms with Crippen LogP contribution in [0.2, 0.25) is 0 Å². The summed E-state index contributed by atoms with van der Waals surface area (Å²) in [5.74, 6) is 0. The van der Waals surface area contributed by atoms with Gasteiger partial charge >= 0.3 is 0 Å². The number of aromatic nitrogens is 1. The molecular weight excluding hydrogens is 190 g/mol. The van der Waals surface area contributed by atoms with Gasteiger partial charge in [-0.1, -0.05) is 0 Å². The Labute approximate surface area is 77.2 Å². The first-order chi connectivity index (χ1) is 6.11. The normalized spacial score (nSPS) is 11.2. The van der Waals surface area contributed by atoms with Gasteiger partial charge < -0.3 is 5.32 Å².